The van der Waals surface area contributed by atoms with Crippen molar-refractivity contribution in [3.05, 3.63) is 53.9 Å². The topological polar surface area (TPSA) is 128 Å². The van der Waals surface area contributed by atoms with E-state index in [-0.39, 0.29) is 15.8 Å². The fraction of sp³-hybridized carbons (Fsp3) is 0.125. The SMILES string of the molecule is COC(=O)C=c1sc(=C(C#N)C=Nc2ccc([N+](=O)[O-])cc2)n(C)c1=O. The Morgan fingerprint density at radius 2 is 2.08 bits per heavy atom. The Hall–Kier alpha value is -3.58. The van der Waals surface area contributed by atoms with Gasteiger partial charge in [-0.3, -0.25) is 19.9 Å². The van der Waals surface area contributed by atoms with Crippen molar-refractivity contribution in [2.75, 3.05) is 7.11 Å². The number of carbonyl (C=O) groups excluding carboxylic acids is 1. The normalized spacial score (nSPS) is 12.7. The summed E-state index contributed by atoms with van der Waals surface area (Å²) in [6.07, 6.45) is 2.31. The Balaban J connectivity index is 2.51. The lowest BCUT2D eigenvalue weighted by Gasteiger charge is -1.94. The Bertz CT molecular complexity index is 1100. The van der Waals surface area contributed by atoms with Crippen LogP contribution in [0.5, 0.6) is 0 Å². The third-order valence-electron chi connectivity index (χ3n) is 3.23. The molecular formula is C16H12N4O5S. The van der Waals surface area contributed by atoms with Gasteiger partial charge < -0.3 is 9.30 Å². The van der Waals surface area contributed by atoms with Crippen LogP contribution in [-0.4, -0.2) is 28.8 Å². The van der Waals surface area contributed by atoms with Crippen molar-refractivity contribution in [3.63, 3.8) is 0 Å². The summed E-state index contributed by atoms with van der Waals surface area (Å²) in [5, 5.41) is 20.0. The molecule has 1 heterocycles. The molecule has 9 nitrogen and oxygen atoms in total. The second kappa shape index (κ2) is 8.00. The number of aromatic nitrogens is 1. The predicted molar refractivity (Wildman–Crippen MR) is 95.6 cm³/mol. The van der Waals surface area contributed by atoms with Crippen LogP contribution in [0.25, 0.3) is 11.6 Å². The first-order chi connectivity index (χ1) is 12.4. The monoisotopic (exact) mass is 372 g/mol. The summed E-state index contributed by atoms with van der Waals surface area (Å²) in [6.45, 7) is 0. The Labute approximate surface area is 150 Å². The fourth-order valence-corrected chi connectivity index (χ4v) is 2.91. The Kier molecular flexibility index (Phi) is 5.77. The molecule has 0 bridgehead atoms. The maximum absolute atomic E-state index is 12.1. The molecule has 0 unspecified atom stereocenters. The number of benzene rings is 1. The molecule has 0 aliphatic carbocycles. The maximum Gasteiger partial charge on any atom is 0.332 e. The highest BCUT2D eigenvalue weighted by atomic mass is 32.1. The molecule has 132 valence electrons. The lowest BCUT2D eigenvalue weighted by molar-refractivity contribution is -0.384. The zero-order valence-corrected chi connectivity index (χ0v) is 14.5. The summed E-state index contributed by atoms with van der Waals surface area (Å²) in [6, 6.07) is 7.41. The number of non-ortho nitro benzene ring substituents is 1. The summed E-state index contributed by atoms with van der Waals surface area (Å²) in [7, 11) is 2.67. The molecule has 0 radical (unpaired) electrons. The van der Waals surface area contributed by atoms with Crippen molar-refractivity contribution in [3.8, 4) is 6.07 Å². The fourth-order valence-electron chi connectivity index (χ4n) is 1.90. The van der Waals surface area contributed by atoms with Crippen molar-refractivity contribution < 1.29 is 14.5 Å². The van der Waals surface area contributed by atoms with E-state index in [1.807, 2.05) is 6.07 Å². The van der Waals surface area contributed by atoms with Gasteiger partial charge in [-0.2, -0.15) is 5.26 Å². The van der Waals surface area contributed by atoms with Gasteiger partial charge in [0, 0.05) is 31.5 Å². The summed E-state index contributed by atoms with van der Waals surface area (Å²) in [4.78, 5) is 37.7. The molecule has 2 rings (SSSR count). The van der Waals surface area contributed by atoms with Crippen molar-refractivity contribution in [2.24, 2.45) is 12.0 Å². The van der Waals surface area contributed by atoms with Gasteiger partial charge in [0.2, 0.25) is 0 Å². The van der Waals surface area contributed by atoms with Gasteiger partial charge in [0.05, 0.1) is 17.7 Å². The third-order valence-corrected chi connectivity index (χ3v) is 4.43. The quantitative estimate of drug-likeness (QED) is 0.330. The minimum atomic E-state index is -0.673. The van der Waals surface area contributed by atoms with E-state index in [4.69, 9.17) is 0 Å². The van der Waals surface area contributed by atoms with Gasteiger partial charge in [0.1, 0.15) is 20.8 Å². The number of aliphatic imine (C=N–C) groups is 1. The molecule has 0 N–H and O–H groups in total. The number of nitriles is 1. The second-order valence-corrected chi connectivity index (χ2v) is 5.89. The molecule has 0 aliphatic rings. The third kappa shape index (κ3) is 4.08. The highest BCUT2D eigenvalue weighted by molar-refractivity contribution is 7.07. The molecule has 0 atom stereocenters. The molecule has 0 aliphatic heterocycles. The van der Waals surface area contributed by atoms with E-state index in [1.54, 1.807) is 0 Å². The van der Waals surface area contributed by atoms with Crippen LogP contribution in [-0.2, 0) is 16.6 Å². The van der Waals surface area contributed by atoms with Gasteiger partial charge in [-0.05, 0) is 12.1 Å². The Morgan fingerprint density at radius 1 is 1.42 bits per heavy atom. The van der Waals surface area contributed by atoms with Crippen LogP contribution >= 0.6 is 11.3 Å². The average Bonchev–Trinajstić information content (AvgIpc) is 2.91. The standard InChI is InChI=1S/C16H12N4O5S/c1-19-15(22)13(7-14(21)25-2)26-16(19)10(8-17)9-18-11-3-5-12(6-4-11)20(23)24/h3-7,9H,1-2H3. The molecular weight excluding hydrogens is 360 g/mol. The molecule has 0 amide bonds. The van der Waals surface area contributed by atoms with Crippen molar-refractivity contribution in [1.29, 1.82) is 5.26 Å². The average molecular weight is 372 g/mol. The number of carbonyl (C=O) groups is 1. The van der Waals surface area contributed by atoms with Crippen LogP contribution in [0, 0.1) is 21.4 Å². The summed E-state index contributed by atoms with van der Waals surface area (Å²) in [5.74, 6) is -0.673. The number of rotatable bonds is 4. The van der Waals surface area contributed by atoms with E-state index in [0.29, 0.717) is 10.4 Å². The number of hydrogen-bond acceptors (Lipinski definition) is 8. The number of hydrogen-bond donors (Lipinski definition) is 0. The van der Waals surface area contributed by atoms with Gasteiger partial charge >= 0.3 is 5.97 Å². The lowest BCUT2D eigenvalue weighted by Crippen LogP contribution is -2.30. The highest BCUT2D eigenvalue weighted by Gasteiger charge is 2.07. The second-order valence-electron chi connectivity index (χ2n) is 4.86. The molecule has 2 aromatic rings. The number of nitro groups is 1. The first kappa shape index (κ1) is 18.8. The minimum Gasteiger partial charge on any atom is -0.466 e. The molecule has 0 saturated heterocycles. The zero-order chi connectivity index (χ0) is 19.3. The number of thiazole rings is 1. The first-order valence-corrected chi connectivity index (χ1v) is 7.87. The van der Waals surface area contributed by atoms with Crippen LogP contribution in [0.15, 0.2) is 34.1 Å². The maximum atomic E-state index is 12.1. The number of ether oxygens (including phenoxy) is 1. The van der Waals surface area contributed by atoms with E-state index in [1.165, 1.54) is 49.2 Å². The number of nitrogens with zero attached hydrogens (tertiary/aromatic N) is 4. The van der Waals surface area contributed by atoms with Crippen molar-refractivity contribution >= 4 is 46.5 Å². The smallest absolute Gasteiger partial charge is 0.332 e. The molecule has 10 heteroatoms. The zero-order valence-electron chi connectivity index (χ0n) is 13.7. The van der Waals surface area contributed by atoms with E-state index < -0.39 is 16.5 Å². The summed E-state index contributed by atoms with van der Waals surface area (Å²) < 4.78 is 6.18. The van der Waals surface area contributed by atoms with E-state index in [2.05, 4.69) is 9.73 Å². The molecule has 0 saturated carbocycles. The number of nitro benzene ring substituents is 1. The number of esters is 1. The largest absolute Gasteiger partial charge is 0.466 e. The van der Waals surface area contributed by atoms with Gasteiger partial charge in [-0.25, -0.2) is 4.79 Å². The predicted octanol–water partition coefficient (Wildman–Crippen LogP) is 0.385. The van der Waals surface area contributed by atoms with Gasteiger partial charge in [-0.1, -0.05) is 0 Å². The number of methoxy groups -OCH3 is 1. The van der Waals surface area contributed by atoms with E-state index >= 15 is 0 Å². The Morgan fingerprint density at radius 3 is 2.62 bits per heavy atom. The highest BCUT2D eigenvalue weighted by Crippen LogP contribution is 2.17. The van der Waals surface area contributed by atoms with Gasteiger partial charge in [-0.15, -0.1) is 11.3 Å². The van der Waals surface area contributed by atoms with Crippen LogP contribution in [0.1, 0.15) is 0 Å². The van der Waals surface area contributed by atoms with Crippen LogP contribution in [0.4, 0.5) is 11.4 Å². The molecule has 1 aromatic heterocycles. The summed E-state index contributed by atoms with van der Waals surface area (Å²) >= 11 is 0.958. The first-order valence-electron chi connectivity index (χ1n) is 7.05. The van der Waals surface area contributed by atoms with Crippen molar-refractivity contribution in [2.45, 2.75) is 0 Å². The molecule has 0 fully saturated rings. The van der Waals surface area contributed by atoms with Crippen LogP contribution in [0.2, 0.25) is 0 Å². The van der Waals surface area contributed by atoms with E-state index in [0.717, 1.165) is 17.4 Å². The van der Waals surface area contributed by atoms with Gasteiger partial charge in [0.15, 0.2) is 0 Å². The van der Waals surface area contributed by atoms with Crippen molar-refractivity contribution in [1.82, 2.24) is 4.57 Å². The van der Waals surface area contributed by atoms with Crippen LogP contribution < -0.4 is 14.8 Å². The van der Waals surface area contributed by atoms with Gasteiger partial charge in [0.25, 0.3) is 11.2 Å². The molecule has 26 heavy (non-hydrogen) atoms. The molecule has 0 spiro atoms. The van der Waals surface area contributed by atoms with Crippen LogP contribution in [0.3, 0.4) is 0 Å². The van der Waals surface area contributed by atoms with E-state index in [9.17, 15) is 25.0 Å². The lowest BCUT2D eigenvalue weighted by atomic mass is 10.3. The molecule has 1 aromatic carbocycles. The summed E-state index contributed by atoms with van der Waals surface area (Å²) in [5.41, 5.74) is 0.00712. The minimum absolute atomic E-state index is 0.0721.